The second-order valence-electron chi connectivity index (χ2n) is 14.2. The lowest BCUT2D eigenvalue weighted by molar-refractivity contribution is 0.908. The van der Waals surface area contributed by atoms with Crippen LogP contribution < -0.4 is 0 Å². The van der Waals surface area contributed by atoms with Crippen molar-refractivity contribution in [1.29, 1.82) is 0 Å². The zero-order chi connectivity index (χ0) is 36.7. The second kappa shape index (κ2) is 13.7. The average Bonchev–Trinajstić information content (AvgIpc) is 3.64. The molecule has 0 aliphatic rings. The summed E-state index contributed by atoms with van der Waals surface area (Å²) in [6.45, 7) is 2.18. The molecular weight excluding hydrogens is 665 g/mol. The highest BCUT2D eigenvalue weighted by molar-refractivity contribution is 6.22. The van der Waals surface area contributed by atoms with Crippen LogP contribution in [0, 0.1) is 0 Å². The van der Waals surface area contributed by atoms with Gasteiger partial charge in [0.15, 0.2) is 0 Å². The molecule has 2 heteroatoms. The molecule has 0 saturated carbocycles. The van der Waals surface area contributed by atoms with E-state index in [0.717, 1.165) is 34.5 Å². The fourth-order valence-corrected chi connectivity index (χ4v) is 8.31. The molecule has 0 N–H and O–H groups in total. The average molecular weight is 703 g/mol. The minimum atomic E-state index is 0.851. The molecule has 10 rings (SSSR count). The van der Waals surface area contributed by atoms with Gasteiger partial charge in [0.25, 0.3) is 0 Å². The van der Waals surface area contributed by atoms with Crippen LogP contribution in [0.3, 0.4) is 0 Å². The first-order valence-electron chi connectivity index (χ1n) is 19.1. The van der Waals surface area contributed by atoms with E-state index < -0.39 is 0 Å². The van der Waals surface area contributed by atoms with E-state index in [0.29, 0.717) is 0 Å². The molecular formula is C53H38N2. The van der Waals surface area contributed by atoms with Gasteiger partial charge in [0.05, 0.1) is 11.0 Å². The largest absolute Gasteiger partial charge is 0.296 e. The van der Waals surface area contributed by atoms with Crippen LogP contribution in [0.4, 0.5) is 0 Å². The number of aryl methyl sites for hydroxylation is 1. The summed E-state index contributed by atoms with van der Waals surface area (Å²) in [7, 11) is 0. The van der Waals surface area contributed by atoms with Crippen molar-refractivity contribution < 1.29 is 0 Å². The molecule has 0 aliphatic carbocycles. The van der Waals surface area contributed by atoms with E-state index in [1.807, 2.05) is 0 Å². The Morgan fingerprint density at radius 1 is 0.364 bits per heavy atom. The number of fused-ring (bicyclic) bond motifs is 3. The van der Waals surface area contributed by atoms with E-state index >= 15 is 0 Å². The minimum Gasteiger partial charge on any atom is -0.296 e. The molecule has 260 valence electrons. The maximum absolute atomic E-state index is 5.14. The maximum atomic E-state index is 5.14. The molecule has 0 bridgehead atoms. The molecule has 0 saturated heterocycles. The van der Waals surface area contributed by atoms with Crippen molar-refractivity contribution in [2.24, 2.45) is 0 Å². The molecule has 1 aromatic heterocycles. The van der Waals surface area contributed by atoms with E-state index in [2.05, 4.69) is 212 Å². The van der Waals surface area contributed by atoms with Crippen LogP contribution >= 0.6 is 0 Å². The summed E-state index contributed by atoms with van der Waals surface area (Å²) >= 11 is 0. The molecule has 10 aromatic rings. The fourth-order valence-electron chi connectivity index (χ4n) is 8.31. The molecule has 2 nitrogen and oxygen atoms in total. The normalized spacial score (nSPS) is 11.4. The van der Waals surface area contributed by atoms with Gasteiger partial charge in [0.2, 0.25) is 0 Å². The lowest BCUT2D eigenvalue weighted by Gasteiger charge is -2.19. The van der Waals surface area contributed by atoms with Crippen molar-refractivity contribution in [3.05, 3.63) is 206 Å². The molecule has 0 aliphatic heterocycles. The number of hydrogen-bond donors (Lipinski definition) is 0. The Morgan fingerprint density at radius 3 is 1.35 bits per heavy atom. The summed E-state index contributed by atoms with van der Waals surface area (Å²) < 4.78 is 2.29. The highest BCUT2D eigenvalue weighted by atomic mass is 15.1. The summed E-state index contributed by atoms with van der Waals surface area (Å²) in [6, 6.07) is 72.6. The molecule has 9 aromatic carbocycles. The van der Waals surface area contributed by atoms with E-state index in [-0.39, 0.29) is 0 Å². The molecule has 0 unspecified atom stereocenters. The summed E-state index contributed by atoms with van der Waals surface area (Å²) in [6.07, 6.45) is 0.851. The predicted octanol–water partition coefficient (Wildman–Crippen LogP) is 14.2. The van der Waals surface area contributed by atoms with Gasteiger partial charge >= 0.3 is 0 Å². The van der Waals surface area contributed by atoms with Gasteiger partial charge in [-0.3, -0.25) is 4.57 Å². The van der Waals surface area contributed by atoms with Gasteiger partial charge in [-0.25, -0.2) is 4.98 Å². The van der Waals surface area contributed by atoms with Crippen molar-refractivity contribution in [1.82, 2.24) is 9.55 Å². The Hall–Kier alpha value is -7.03. The Bertz CT molecular complexity index is 2960. The second-order valence-corrected chi connectivity index (χ2v) is 14.2. The van der Waals surface area contributed by atoms with E-state index in [1.54, 1.807) is 0 Å². The summed E-state index contributed by atoms with van der Waals surface area (Å²) in [5, 5.41) is 4.96. The van der Waals surface area contributed by atoms with Crippen LogP contribution in [-0.2, 0) is 6.42 Å². The molecule has 0 atom stereocenters. The lowest BCUT2D eigenvalue weighted by Crippen LogP contribution is -1.99. The highest BCUT2D eigenvalue weighted by Crippen LogP contribution is 2.45. The highest BCUT2D eigenvalue weighted by Gasteiger charge is 2.19. The van der Waals surface area contributed by atoms with Crippen molar-refractivity contribution >= 4 is 32.6 Å². The first-order chi connectivity index (χ1) is 27.2. The zero-order valence-corrected chi connectivity index (χ0v) is 30.7. The van der Waals surface area contributed by atoms with Crippen LogP contribution in [-0.4, -0.2) is 9.55 Å². The number of nitrogens with zero attached hydrogens (tertiary/aromatic N) is 2. The predicted molar refractivity (Wildman–Crippen MR) is 233 cm³/mol. The van der Waals surface area contributed by atoms with Crippen LogP contribution in [0.2, 0.25) is 0 Å². The van der Waals surface area contributed by atoms with Crippen molar-refractivity contribution in [2.75, 3.05) is 0 Å². The third-order valence-corrected chi connectivity index (χ3v) is 11.0. The number of hydrogen-bond acceptors (Lipinski definition) is 1. The number of rotatable bonds is 7. The van der Waals surface area contributed by atoms with Gasteiger partial charge in [-0.05, 0) is 108 Å². The van der Waals surface area contributed by atoms with Gasteiger partial charge in [0.1, 0.15) is 5.82 Å². The number of aromatic nitrogens is 2. The standard InChI is InChI=1S/C53H38N2/c1-2-51-54-49-35-43(31-33-50(49)55(51)44-18-10-5-11-19-44)42-30-32-47-48(34-42)53(41-28-24-39(25-29-41)37-16-8-4-9-17-37)46-21-13-12-20-45(46)52(47)40-26-22-38(23-27-40)36-14-6-3-7-15-36/h3-35H,2H2,1H3. The van der Waals surface area contributed by atoms with E-state index in [4.69, 9.17) is 4.98 Å². The fraction of sp³-hybridized carbons (Fsp3) is 0.0377. The molecule has 55 heavy (non-hydrogen) atoms. The van der Waals surface area contributed by atoms with Crippen LogP contribution in [0.15, 0.2) is 200 Å². The van der Waals surface area contributed by atoms with Gasteiger partial charge in [-0.15, -0.1) is 0 Å². The number of para-hydroxylation sites is 1. The zero-order valence-electron chi connectivity index (χ0n) is 30.7. The van der Waals surface area contributed by atoms with Gasteiger partial charge in [-0.2, -0.15) is 0 Å². The number of imidazole rings is 1. The maximum Gasteiger partial charge on any atom is 0.114 e. The van der Waals surface area contributed by atoms with Gasteiger partial charge in [0, 0.05) is 12.1 Å². The van der Waals surface area contributed by atoms with Gasteiger partial charge < -0.3 is 0 Å². The SMILES string of the molecule is CCc1nc2cc(-c3ccc4c(-c5ccc(-c6ccccc6)cc5)c5ccccc5c(-c5ccc(-c6ccccc6)cc5)c4c3)ccc2n1-c1ccccc1. The van der Waals surface area contributed by atoms with Crippen molar-refractivity contribution in [3.63, 3.8) is 0 Å². The summed E-state index contributed by atoms with van der Waals surface area (Å²) in [5.74, 6) is 1.06. The molecule has 0 radical (unpaired) electrons. The summed E-state index contributed by atoms with van der Waals surface area (Å²) in [5.41, 5.74) is 15.4. The van der Waals surface area contributed by atoms with Crippen LogP contribution in [0.1, 0.15) is 12.7 Å². The Kier molecular flexibility index (Phi) is 8.15. The van der Waals surface area contributed by atoms with Gasteiger partial charge in [-0.1, -0.05) is 177 Å². The van der Waals surface area contributed by atoms with E-state index in [1.165, 1.54) is 71.6 Å². The minimum absolute atomic E-state index is 0.851. The molecule has 0 spiro atoms. The van der Waals surface area contributed by atoms with Crippen molar-refractivity contribution in [3.8, 4) is 61.3 Å². The van der Waals surface area contributed by atoms with Crippen molar-refractivity contribution in [2.45, 2.75) is 13.3 Å². The first kappa shape index (κ1) is 32.6. The lowest BCUT2D eigenvalue weighted by atomic mass is 9.84. The Labute approximate surface area is 321 Å². The topological polar surface area (TPSA) is 17.8 Å². The first-order valence-corrected chi connectivity index (χ1v) is 19.1. The molecule has 0 fully saturated rings. The third-order valence-electron chi connectivity index (χ3n) is 11.0. The quantitative estimate of drug-likeness (QED) is 0.151. The monoisotopic (exact) mass is 702 g/mol. The van der Waals surface area contributed by atoms with Crippen LogP contribution in [0.5, 0.6) is 0 Å². The Morgan fingerprint density at radius 2 is 0.782 bits per heavy atom. The summed E-state index contributed by atoms with van der Waals surface area (Å²) in [4.78, 5) is 5.14. The third kappa shape index (κ3) is 5.80. The molecule has 1 heterocycles. The smallest absolute Gasteiger partial charge is 0.114 e. The number of benzene rings is 9. The van der Waals surface area contributed by atoms with Crippen LogP contribution in [0.25, 0.3) is 93.9 Å². The Balaban J connectivity index is 1.19. The van der Waals surface area contributed by atoms with E-state index in [9.17, 15) is 0 Å². The molecule has 0 amide bonds.